The molecule has 28 atom stereocenters. The van der Waals surface area contributed by atoms with E-state index < -0.39 is 29.5 Å². The second-order valence-electron chi connectivity index (χ2n) is 38.1. The Kier molecular flexibility index (Phi) is 16.8. The van der Waals surface area contributed by atoms with Crippen LogP contribution in [0.25, 0.3) is 0 Å². The van der Waals surface area contributed by atoms with Crippen LogP contribution in [-0.2, 0) is 42.6 Å². The van der Waals surface area contributed by atoms with Crippen LogP contribution in [0.4, 0.5) is 4.79 Å². The van der Waals surface area contributed by atoms with Gasteiger partial charge in [0, 0.05) is 25.3 Å². The summed E-state index contributed by atoms with van der Waals surface area (Å²) in [6, 6.07) is 0.357. The number of cyclic esters (lactones) is 1. The van der Waals surface area contributed by atoms with Crippen molar-refractivity contribution in [3.8, 4) is 0 Å². The van der Waals surface area contributed by atoms with E-state index in [-0.39, 0.29) is 93.8 Å². The van der Waals surface area contributed by atoms with Crippen molar-refractivity contribution in [1.29, 1.82) is 0 Å². The molecule has 4 spiro atoms. The molecule has 18 heteroatoms. The molecular weight excluding hydrogens is 1300 g/mol. The Labute approximate surface area is 579 Å². The topological polar surface area (TPSA) is 205 Å². The second-order valence-corrected chi connectivity index (χ2v) is 38.1. The van der Waals surface area contributed by atoms with Gasteiger partial charge in [0.2, 0.25) is 0 Å². The van der Waals surface area contributed by atoms with Crippen molar-refractivity contribution in [3.63, 3.8) is 0 Å². The standard InChI is InChI=1S/C38H60N2O7.C37H62N2O6.CH3I/c1-21-16-23(30-34(4,5)47-32(42)39-30)45-29-28(21)35(6)12-13-38-20-37(38)11-10-26(46-27-17-40(14-15-44-27)22-18-43-19-22)33(2,3)24(37)8-9-25(38)36(35,7)31(29)41;1-21-16-23(30(38)33(4,5)41)44-29-28(21)34(6)12-13-37-20-36(37)11-10-26(45-27-17-39(14-15-43-27)22-18-42-19-22)32(2,3)24(36)8-9-25(37)35(34,7)31(29)40;1-2/h21-31,41H,8-20H2,1-7H3,(H,39,42);21-31,40-41H,8-20,38H2,1-7H3;1H3/t21-,23-,24+,25+,26?,27?,28+,29+,30+,31+,35-,36-,37?,38+;21-,23-,24+,25+,26?,27?,28+,29+,30+,31+,34-,35-,36?,37+;/m11./s1/i;;1D. The molecule has 10 saturated carbocycles. The Bertz CT molecular complexity index is 2880. The number of alkyl halides is 1. The molecule has 0 aromatic carbocycles. The van der Waals surface area contributed by atoms with Gasteiger partial charge < -0.3 is 69.0 Å². The Morgan fingerprint density at radius 2 is 1.06 bits per heavy atom. The summed E-state index contributed by atoms with van der Waals surface area (Å²) < 4.78 is 62.8. The number of aliphatic hydroxyl groups is 3. The first-order valence-electron chi connectivity index (χ1n) is 38.6. The number of hydrogen-bond donors (Lipinski definition) is 5. The number of nitrogens with two attached hydrogens (primary N) is 1. The van der Waals surface area contributed by atoms with Gasteiger partial charge in [-0.3, -0.25) is 9.80 Å². The third kappa shape index (κ3) is 9.51. The van der Waals surface area contributed by atoms with Gasteiger partial charge in [0.1, 0.15) is 5.60 Å². The Balaban J connectivity index is 0.000000150. The first-order valence-corrected chi connectivity index (χ1v) is 39.4. The molecule has 0 radical (unpaired) electrons. The van der Waals surface area contributed by atoms with E-state index in [1.165, 1.54) is 70.6 Å². The molecule has 7 heterocycles. The van der Waals surface area contributed by atoms with Gasteiger partial charge in [0.25, 0.3) is 0 Å². The number of carbonyl (C=O) groups excluding carboxylic acids is 1. The van der Waals surface area contributed by atoms with E-state index in [2.05, 4.69) is 84.4 Å². The van der Waals surface area contributed by atoms with Crippen LogP contribution in [-0.4, -0.2) is 199 Å². The molecule has 6 N–H and O–H groups in total. The lowest BCUT2D eigenvalue weighted by molar-refractivity contribution is -0.256. The highest BCUT2D eigenvalue weighted by molar-refractivity contribution is 14.1. The maximum atomic E-state index is 12.6. The van der Waals surface area contributed by atoms with E-state index in [1.807, 2.05) is 36.4 Å². The lowest BCUT2D eigenvalue weighted by Crippen LogP contribution is -2.60. The first kappa shape index (κ1) is 67.9. The summed E-state index contributed by atoms with van der Waals surface area (Å²) in [5.74, 6) is 3.69. The van der Waals surface area contributed by atoms with Crippen LogP contribution >= 0.6 is 22.6 Å². The summed E-state index contributed by atoms with van der Waals surface area (Å²) in [5, 5.41) is 38.9. The molecule has 94 heavy (non-hydrogen) atoms. The summed E-state index contributed by atoms with van der Waals surface area (Å²) in [6.45, 7) is 40.6. The predicted octanol–water partition coefficient (Wildman–Crippen LogP) is 10.5. The van der Waals surface area contributed by atoms with Crippen LogP contribution < -0.4 is 11.1 Å². The molecule has 0 aromatic rings. The highest BCUT2D eigenvalue weighted by Gasteiger charge is 2.87. The number of carbonyl (C=O) groups is 1. The molecule has 7 aliphatic heterocycles. The molecule has 17 aliphatic rings. The number of morpholine rings is 2. The van der Waals surface area contributed by atoms with Crippen molar-refractivity contribution in [1.82, 2.24) is 15.1 Å². The Morgan fingerprint density at radius 3 is 1.48 bits per heavy atom. The van der Waals surface area contributed by atoms with Gasteiger partial charge in [-0.25, -0.2) is 4.79 Å². The lowest BCUT2D eigenvalue weighted by Gasteiger charge is -2.64. The molecule has 17 nitrogen and oxygen atoms in total. The van der Waals surface area contributed by atoms with Crippen LogP contribution in [0, 0.1) is 101 Å². The van der Waals surface area contributed by atoms with Crippen molar-refractivity contribution in [2.75, 3.05) is 70.7 Å². The van der Waals surface area contributed by atoms with Gasteiger partial charge in [-0.1, -0.05) is 91.8 Å². The zero-order valence-corrected chi connectivity index (χ0v) is 62.2. The highest BCUT2D eigenvalue weighted by atomic mass is 127. The molecule has 17 fully saturated rings. The largest absolute Gasteiger partial charge is 0.441 e. The highest BCUT2D eigenvalue weighted by Crippen LogP contribution is 2.91. The van der Waals surface area contributed by atoms with Crippen LogP contribution in [0.3, 0.4) is 0 Å². The average Bonchev–Trinajstić information content (AvgIpc) is 1.47. The van der Waals surface area contributed by atoms with E-state index in [4.69, 9.17) is 49.7 Å². The molecule has 10 aliphatic carbocycles. The third-order valence-corrected chi connectivity index (χ3v) is 33.5. The fourth-order valence-electron chi connectivity index (χ4n) is 28.5. The Morgan fingerprint density at radius 1 is 0.638 bits per heavy atom. The fourth-order valence-corrected chi connectivity index (χ4v) is 28.5. The first-order chi connectivity index (χ1) is 44.7. The molecular formula is C76H125IN4O13. The number of ether oxygens (including phenoxy) is 9. The maximum Gasteiger partial charge on any atom is 0.408 e. The van der Waals surface area contributed by atoms with Gasteiger partial charge in [-0.15, -0.1) is 0 Å². The number of rotatable bonds is 9. The Hall–Kier alpha value is -0.560. The van der Waals surface area contributed by atoms with Crippen molar-refractivity contribution >= 4 is 28.7 Å². The van der Waals surface area contributed by atoms with Crippen molar-refractivity contribution in [2.24, 2.45) is 107 Å². The van der Waals surface area contributed by atoms with Crippen LogP contribution in [0.2, 0.25) is 0 Å². The van der Waals surface area contributed by atoms with Crippen LogP contribution in [0.5, 0.6) is 0 Å². The SMILES string of the molecule is C[C@@H]1C[C@H]([C@@H]2NC(=O)OC2(C)C)O[C@H]2[C@H]1[C@@]1(C)CC[C@@]34CC35CCC(OC3CN(C6COC6)CCO3)C(C)(C)[C@@H]5CC[C@H]4[C@]1(C)[C@H]2O.C[C@@H]1C[C@H]([C@H](N)C(C)(C)O)O[C@H]2[C@H]1[C@@]1(C)CC[C@@]34CC35CCC(OC3CN(C6COC6)CCO3)C(C)(C)[C@@H]5CC[C@H]4[C@]1(C)[C@H]2O.[2H]CI. The minimum absolute atomic E-state index is 0.0183. The lowest BCUT2D eigenvalue weighted by atomic mass is 9.41. The summed E-state index contributed by atoms with van der Waals surface area (Å²) in [4.78, 5) is 17.7. The van der Waals surface area contributed by atoms with Gasteiger partial charge >= 0.3 is 6.09 Å². The van der Waals surface area contributed by atoms with Gasteiger partial charge in [-0.05, 0) is 226 Å². The quantitative estimate of drug-likeness (QED) is 0.108. The van der Waals surface area contributed by atoms with E-state index >= 15 is 0 Å². The average molecular weight is 1430 g/mol. The molecule has 17 rings (SSSR count). The second kappa shape index (κ2) is 23.2. The van der Waals surface area contributed by atoms with E-state index in [0.29, 0.717) is 86.0 Å². The summed E-state index contributed by atoms with van der Waals surface area (Å²) in [6.07, 6.45) is 16.6. The number of aliphatic hydroxyl groups excluding tert-OH is 2. The van der Waals surface area contributed by atoms with E-state index in [0.717, 1.165) is 97.9 Å². The molecule has 1 amide bonds. The molecule has 6 unspecified atom stereocenters. The summed E-state index contributed by atoms with van der Waals surface area (Å²) >= 11 is 1.96. The predicted molar refractivity (Wildman–Crippen MR) is 365 cm³/mol. The van der Waals surface area contributed by atoms with E-state index in [9.17, 15) is 20.1 Å². The number of halogens is 1. The number of fused-ring (bicyclic) bond motifs is 8. The van der Waals surface area contributed by atoms with E-state index in [1.54, 1.807) is 13.8 Å². The zero-order chi connectivity index (χ0) is 67.6. The molecule has 0 aromatic heterocycles. The number of nitrogens with zero attached hydrogens (tertiary/aromatic N) is 2. The van der Waals surface area contributed by atoms with Crippen LogP contribution in [0.1, 0.15) is 201 Å². The van der Waals surface area contributed by atoms with Gasteiger partial charge in [0.05, 0.1) is 131 Å². The maximum absolute atomic E-state index is 12.6. The van der Waals surface area contributed by atoms with Crippen molar-refractivity contribution in [2.45, 2.75) is 296 Å². The monoisotopic (exact) mass is 1430 g/mol. The minimum Gasteiger partial charge on any atom is -0.441 e. The van der Waals surface area contributed by atoms with Crippen LogP contribution in [0.15, 0.2) is 0 Å². The molecule has 7 saturated heterocycles. The smallest absolute Gasteiger partial charge is 0.408 e. The fraction of sp³-hybridized carbons (Fsp3) is 0.987. The number of amides is 1. The van der Waals surface area contributed by atoms with Gasteiger partial charge in [-0.2, -0.15) is 0 Å². The van der Waals surface area contributed by atoms with Crippen molar-refractivity contribution in [3.05, 3.63) is 0 Å². The number of hydrogen-bond acceptors (Lipinski definition) is 16. The summed E-state index contributed by atoms with van der Waals surface area (Å²) in [5.41, 5.74) is 6.06. The normalized spacial score (nSPS) is 54.6. The zero-order valence-electron chi connectivity index (χ0n) is 61.1. The summed E-state index contributed by atoms with van der Waals surface area (Å²) in [7, 11) is 0. The van der Waals surface area contributed by atoms with Crippen molar-refractivity contribution < 1.29 is 64.1 Å². The molecule has 534 valence electrons. The minimum atomic E-state index is -1.02. The number of alkyl carbamates (subject to hydrolysis) is 1. The van der Waals surface area contributed by atoms with Gasteiger partial charge in [0.15, 0.2) is 12.6 Å². The number of nitrogens with one attached hydrogen (secondary N) is 1. The molecule has 0 bridgehead atoms. The third-order valence-electron chi connectivity index (χ3n) is 33.5.